The van der Waals surface area contributed by atoms with E-state index in [1.54, 1.807) is 21.3 Å². The number of benzene rings is 2. The molecule has 1 saturated heterocycles. The van der Waals surface area contributed by atoms with Gasteiger partial charge < -0.3 is 29.3 Å². The van der Waals surface area contributed by atoms with Gasteiger partial charge in [0.15, 0.2) is 5.96 Å². The fourth-order valence-corrected chi connectivity index (χ4v) is 3.47. The zero-order chi connectivity index (χ0) is 20.6. The molecule has 1 N–H and O–H groups in total. The monoisotopic (exact) mass is 526 g/mol. The fraction of sp³-hybridized carbons (Fsp3) is 0.409. The summed E-state index contributed by atoms with van der Waals surface area (Å²) in [6, 6.07) is 14.1. The molecule has 164 valence electrons. The number of halogens is 1. The Morgan fingerprint density at radius 1 is 0.900 bits per heavy atom. The maximum absolute atomic E-state index is 5.49. The lowest BCUT2D eigenvalue weighted by Crippen LogP contribution is -2.52. The van der Waals surface area contributed by atoms with Crippen LogP contribution in [0.2, 0.25) is 0 Å². The summed E-state index contributed by atoms with van der Waals surface area (Å²) in [6.07, 6.45) is 0. The highest BCUT2D eigenvalue weighted by atomic mass is 127. The highest BCUT2D eigenvalue weighted by Crippen LogP contribution is 2.24. The third kappa shape index (κ3) is 5.84. The highest BCUT2D eigenvalue weighted by Gasteiger charge is 2.20. The lowest BCUT2D eigenvalue weighted by molar-refractivity contribution is 0.370. The summed E-state index contributed by atoms with van der Waals surface area (Å²) in [7, 11) is 6.84. The van der Waals surface area contributed by atoms with Crippen LogP contribution >= 0.6 is 24.0 Å². The molecule has 0 spiro atoms. The van der Waals surface area contributed by atoms with Crippen LogP contribution in [0.4, 0.5) is 5.69 Å². The van der Waals surface area contributed by atoms with Crippen molar-refractivity contribution in [2.75, 3.05) is 59.5 Å². The molecule has 1 aliphatic heterocycles. The normalized spacial score (nSPS) is 14.1. The zero-order valence-corrected chi connectivity index (χ0v) is 20.4. The van der Waals surface area contributed by atoms with Crippen LogP contribution in [-0.2, 0) is 6.54 Å². The van der Waals surface area contributed by atoms with Gasteiger partial charge in [0.05, 0.1) is 21.3 Å². The van der Waals surface area contributed by atoms with E-state index in [9.17, 15) is 0 Å². The zero-order valence-electron chi connectivity index (χ0n) is 18.1. The Labute approximate surface area is 196 Å². The van der Waals surface area contributed by atoms with E-state index in [0.717, 1.165) is 55.0 Å². The first-order valence-electron chi connectivity index (χ1n) is 9.74. The van der Waals surface area contributed by atoms with Gasteiger partial charge in [-0.15, -0.1) is 24.0 Å². The minimum absolute atomic E-state index is 0. The molecule has 7 nitrogen and oxygen atoms in total. The molecule has 0 amide bonds. The molecular formula is C22H31IN4O3. The Morgan fingerprint density at radius 2 is 1.53 bits per heavy atom. The van der Waals surface area contributed by atoms with Crippen molar-refractivity contribution in [3.63, 3.8) is 0 Å². The lowest BCUT2D eigenvalue weighted by Gasteiger charge is -2.37. The first-order chi connectivity index (χ1) is 14.2. The number of hydrogen-bond acceptors (Lipinski definition) is 5. The molecule has 2 aromatic rings. The van der Waals surface area contributed by atoms with Crippen molar-refractivity contribution in [3.05, 3.63) is 48.0 Å². The first kappa shape index (κ1) is 23.9. The third-order valence-electron chi connectivity index (χ3n) is 5.16. The molecule has 0 unspecified atom stereocenters. The largest absolute Gasteiger partial charge is 0.497 e. The number of aliphatic imine (C=N–C) groups is 1. The number of methoxy groups -OCH3 is 3. The Balaban J connectivity index is 0.00000320. The van der Waals surface area contributed by atoms with Gasteiger partial charge in [-0.2, -0.15) is 0 Å². The summed E-state index contributed by atoms with van der Waals surface area (Å²) in [5.41, 5.74) is 2.28. The van der Waals surface area contributed by atoms with Crippen LogP contribution in [0.5, 0.6) is 17.2 Å². The molecule has 3 rings (SSSR count). The smallest absolute Gasteiger partial charge is 0.194 e. The number of guanidine groups is 1. The molecule has 0 saturated carbocycles. The number of anilines is 1. The lowest BCUT2D eigenvalue weighted by atomic mass is 10.2. The van der Waals surface area contributed by atoms with E-state index in [0.29, 0.717) is 6.54 Å². The topological polar surface area (TPSA) is 58.6 Å². The molecule has 0 bridgehead atoms. The number of piperazine rings is 1. The summed E-state index contributed by atoms with van der Waals surface area (Å²) in [4.78, 5) is 9.14. The van der Waals surface area contributed by atoms with Gasteiger partial charge >= 0.3 is 0 Å². The van der Waals surface area contributed by atoms with Gasteiger partial charge in [-0.1, -0.05) is 0 Å². The van der Waals surface area contributed by atoms with Gasteiger partial charge in [-0.25, -0.2) is 0 Å². The first-order valence-corrected chi connectivity index (χ1v) is 9.74. The second kappa shape index (κ2) is 11.7. The number of ether oxygens (including phenoxy) is 3. The van der Waals surface area contributed by atoms with Gasteiger partial charge in [0.1, 0.15) is 17.2 Å². The summed E-state index contributed by atoms with van der Waals surface area (Å²) >= 11 is 0. The summed E-state index contributed by atoms with van der Waals surface area (Å²) in [5, 5.41) is 3.46. The van der Waals surface area contributed by atoms with Crippen LogP contribution in [0.15, 0.2) is 47.5 Å². The second-order valence-electron chi connectivity index (χ2n) is 6.75. The van der Waals surface area contributed by atoms with Crippen LogP contribution in [0.25, 0.3) is 0 Å². The van der Waals surface area contributed by atoms with Crippen molar-refractivity contribution >= 4 is 35.6 Å². The number of nitrogens with zero attached hydrogens (tertiary/aromatic N) is 3. The van der Waals surface area contributed by atoms with Gasteiger partial charge in [0.25, 0.3) is 0 Å². The van der Waals surface area contributed by atoms with Gasteiger partial charge in [-0.05, 0) is 36.4 Å². The van der Waals surface area contributed by atoms with E-state index in [2.05, 4.69) is 32.2 Å². The molecule has 0 aromatic heterocycles. The van der Waals surface area contributed by atoms with Crippen LogP contribution < -0.4 is 24.4 Å². The molecule has 30 heavy (non-hydrogen) atoms. The third-order valence-corrected chi connectivity index (χ3v) is 5.16. The average Bonchev–Trinajstić information content (AvgIpc) is 2.80. The van der Waals surface area contributed by atoms with Crippen LogP contribution in [0.3, 0.4) is 0 Å². The molecule has 1 heterocycles. The summed E-state index contributed by atoms with van der Waals surface area (Å²) in [5.74, 6) is 3.37. The van der Waals surface area contributed by atoms with Crippen molar-refractivity contribution < 1.29 is 14.2 Å². The molecule has 0 radical (unpaired) electrons. The minimum Gasteiger partial charge on any atom is -0.497 e. The molecule has 0 atom stereocenters. The molecule has 1 aliphatic rings. The second-order valence-corrected chi connectivity index (χ2v) is 6.75. The van der Waals surface area contributed by atoms with Crippen LogP contribution in [0.1, 0.15) is 5.56 Å². The van der Waals surface area contributed by atoms with Crippen LogP contribution in [-0.4, -0.2) is 65.4 Å². The molecule has 2 aromatic carbocycles. The predicted molar refractivity (Wildman–Crippen MR) is 132 cm³/mol. The number of hydrogen-bond donors (Lipinski definition) is 1. The van der Waals surface area contributed by atoms with E-state index >= 15 is 0 Å². The van der Waals surface area contributed by atoms with E-state index in [1.165, 1.54) is 5.69 Å². The number of rotatable bonds is 6. The van der Waals surface area contributed by atoms with Crippen molar-refractivity contribution in [1.29, 1.82) is 0 Å². The van der Waals surface area contributed by atoms with Gasteiger partial charge in [0.2, 0.25) is 0 Å². The Morgan fingerprint density at radius 3 is 2.10 bits per heavy atom. The van der Waals surface area contributed by atoms with Crippen molar-refractivity contribution in [3.8, 4) is 17.2 Å². The number of nitrogens with one attached hydrogen (secondary N) is 1. The minimum atomic E-state index is 0. The highest BCUT2D eigenvalue weighted by molar-refractivity contribution is 14.0. The van der Waals surface area contributed by atoms with E-state index < -0.39 is 0 Å². The molecule has 1 fully saturated rings. The van der Waals surface area contributed by atoms with Crippen LogP contribution in [0, 0.1) is 0 Å². The summed E-state index contributed by atoms with van der Waals surface area (Å²) < 4.78 is 16.0. The van der Waals surface area contributed by atoms with Gasteiger partial charge in [0, 0.05) is 57.1 Å². The standard InChI is InChI=1S/C22H30N4O3.HI/c1-23-22(24-16-17-5-8-20(28-3)15-21(17)29-4)26-13-11-25(12-14-26)18-6-9-19(27-2)10-7-18;/h5-10,15H,11-14,16H2,1-4H3,(H,23,24);1H. The van der Waals surface area contributed by atoms with E-state index in [4.69, 9.17) is 14.2 Å². The fourth-order valence-electron chi connectivity index (χ4n) is 3.47. The maximum atomic E-state index is 5.49. The molecular weight excluding hydrogens is 495 g/mol. The van der Waals surface area contributed by atoms with Crippen molar-refractivity contribution in [2.24, 2.45) is 4.99 Å². The average molecular weight is 526 g/mol. The van der Waals surface area contributed by atoms with E-state index in [-0.39, 0.29) is 24.0 Å². The SMILES string of the molecule is CN=C(NCc1ccc(OC)cc1OC)N1CCN(c2ccc(OC)cc2)CC1.I. The Bertz CT molecular complexity index is 822. The maximum Gasteiger partial charge on any atom is 0.194 e. The quantitative estimate of drug-likeness (QED) is 0.355. The van der Waals surface area contributed by atoms with E-state index in [1.807, 2.05) is 37.4 Å². The molecule has 8 heteroatoms. The molecule has 0 aliphatic carbocycles. The summed E-state index contributed by atoms with van der Waals surface area (Å²) in [6.45, 7) is 4.34. The Hall–Kier alpha value is -2.36. The Kier molecular flexibility index (Phi) is 9.35. The van der Waals surface area contributed by atoms with Gasteiger partial charge in [-0.3, -0.25) is 4.99 Å². The van der Waals surface area contributed by atoms with Crippen molar-refractivity contribution in [2.45, 2.75) is 6.54 Å². The predicted octanol–water partition coefficient (Wildman–Crippen LogP) is 3.23. The van der Waals surface area contributed by atoms with Crippen molar-refractivity contribution in [1.82, 2.24) is 10.2 Å².